The van der Waals surface area contributed by atoms with Gasteiger partial charge in [0.15, 0.2) is 0 Å². The normalized spacial score (nSPS) is 11.8. The van der Waals surface area contributed by atoms with Gasteiger partial charge in [-0.15, -0.1) is 0 Å². The molecule has 0 radical (unpaired) electrons. The molecule has 0 aliphatic rings. The van der Waals surface area contributed by atoms with Crippen LogP contribution in [0, 0.1) is 6.92 Å². The van der Waals surface area contributed by atoms with E-state index >= 15 is 0 Å². The number of unbranched alkanes of at least 4 members (excludes halogenated alkanes) is 3. The smallest absolute Gasteiger partial charge is 0.262 e. The average molecular weight is 520 g/mol. The Labute approximate surface area is 226 Å². The molecule has 3 rings (SSSR count). The van der Waals surface area contributed by atoms with Crippen LogP contribution >= 0.6 is 0 Å². The highest BCUT2D eigenvalue weighted by molar-refractivity contribution is 6.05. The van der Waals surface area contributed by atoms with E-state index in [-0.39, 0.29) is 24.1 Å². The Morgan fingerprint density at radius 3 is 2.37 bits per heavy atom. The maximum atomic E-state index is 13.5. The van der Waals surface area contributed by atoms with E-state index in [0.717, 1.165) is 48.6 Å². The highest BCUT2D eigenvalue weighted by atomic mass is 16.5. The summed E-state index contributed by atoms with van der Waals surface area (Å²) in [6, 6.07) is 14.1. The van der Waals surface area contributed by atoms with Crippen LogP contribution in [0.15, 0.2) is 48.5 Å². The topological polar surface area (TPSA) is 80.6 Å². The van der Waals surface area contributed by atoms with E-state index in [0.29, 0.717) is 30.0 Å². The van der Waals surface area contributed by atoms with Crippen LogP contribution in [0.3, 0.4) is 0 Å². The van der Waals surface area contributed by atoms with Gasteiger partial charge < -0.3 is 15.0 Å². The molecule has 7 heteroatoms. The molecule has 1 aromatic heterocycles. The second kappa shape index (κ2) is 13.8. The Bertz CT molecular complexity index is 1250. The van der Waals surface area contributed by atoms with Crippen molar-refractivity contribution in [1.82, 2.24) is 14.8 Å². The third-order valence-electron chi connectivity index (χ3n) is 7.06. The molecule has 2 aromatic carbocycles. The molecule has 38 heavy (non-hydrogen) atoms. The summed E-state index contributed by atoms with van der Waals surface area (Å²) < 4.78 is 7.10. The first-order chi connectivity index (χ1) is 18.3. The molecule has 0 fully saturated rings. The minimum Gasteiger partial charge on any atom is -0.497 e. The van der Waals surface area contributed by atoms with Crippen LogP contribution in [-0.2, 0) is 16.0 Å². The maximum absolute atomic E-state index is 13.5. The Hall–Kier alpha value is -3.61. The second-order valence-electron chi connectivity index (χ2n) is 9.86. The average Bonchev–Trinajstić information content (AvgIpc) is 3.20. The van der Waals surface area contributed by atoms with Crippen molar-refractivity contribution in [2.75, 3.05) is 20.7 Å². The van der Waals surface area contributed by atoms with Crippen molar-refractivity contribution in [3.05, 3.63) is 65.4 Å². The largest absolute Gasteiger partial charge is 0.497 e. The third-order valence-corrected chi connectivity index (χ3v) is 7.06. The van der Waals surface area contributed by atoms with Gasteiger partial charge in [-0.2, -0.15) is 0 Å². The van der Waals surface area contributed by atoms with Crippen molar-refractivity contribution in [1.29, 1.82) is 0 Å². The van der Waals surface area contributed by atoms with Crippen molar-refractivity contribution < 1.29 is 19.1 Å². The monoisotopic (exact) mass is 519 g/mol. The lowest BCUT2D eigenvalue weighted by molar-refractivity contribution is -0.135. The number of nitrogens with zero attached hydrogens (tertiary/aromatic N) is 2. The number of rotatable bonds is 13. The first-order valence-corrected chi connectivity index (χ1v) is 13.6. The summed E-state index contributed by atoms with van der Waals surface area (Å²) in [4.78, 5) is 41.8. The number of hydrogen-bond donors (Lipinski definition) is 1. The highest BCUT2D eigenvalue weighted by Gasteiger charge is 2.26. The molecule has 1 N–H and O–H groups in total. The number of fused-ring (bicyclic) bond motifs is 1. The van der Waals surface area contributed by atoms with Crippen LogP contribution < -0.4 is 10.1 Å². The number of ether oxygens (including phenoxy) is 1. The van der Waals surface area contributed by atoms with Crippen LogP contribution in [0.5, 0.6) is 5.75 Å². The van der Waals surface area contributed by atoms with Gasteiger partial charge >= 0.3 is 0 Å². The van der Waals surface area contributed by atoms with Gasteiger partial charge in [-0.25, -0.2) is 0 Å². The number of nitrogens with one attached hydrogen (secondary N) is 1. The lowest BCUT2D eigenvalue weighted by Crippen LogP contribution is -2.48. The Morgan fingerprint density at radius 1 is 1.00 bits per heavy atom. The van der Waals surface area contributed by atoms with Gasteiger partial charge in [-0.05, 0) is 55.7 Å². The molecule has 0 aliphatic carbocycles. The first-order valence-electron chi connectivity index (χ1n) is 13.6. The zero-order valence-corrected chi connectivity index (χ0v) is 23.4. The lowest BCUT2D eigenvalue weighted by atomic mass is 10.0. The van der Waals surface area contributed by atoms with E-state index in [1.807, 2.05) is 43.3 Å². The van der Waals surface area contributed by atoms with Crippen molar-refractivity contribution in [2.24, 2.45) is 0 Å². The van der Waals surface area contributed by atoms with Gasteiger partial charge in [0.25, 0.3) is 5.91 Å². The Kier molecular flexibility index (Phi) is 10.5. The summed E-state index contributed by atoms with van der Waals surface area (Å²) in [5.41, 5.74) is 2.73. The number of hydrogen-bond acceptors (Lipinski definition) is 4. The van der Waals surface area contributed by atoms with E-state index in [1.165, 1.54) is 0 Å². The number of methoxy groups -OCH3 is 1. The summed E-state index contributed by atoms with van der Waals surface area (Å²) in [7, 11) is 3.39. The fourth-order valence-corrected chi connectivity index (χ4v) is 4.82. The molecule has 0 saturated carbocycles. The Balaban J connectivity index is 1.92. The summed E-state index contributed by atoms with van der Waals surface area (Å²) in [6.07, 6.45) is 5.50. The number of amides is 2. The van der Waals surface area contributed by atoms with Crippen LogP contribution in [0.25, 0.3) is 10.9 Å². The van der Waals surface area contributed by atoms with E-state index in [9.17, 15) is 14.4 Å². The van der Waals surface area contributed by atoms with Gasteiger partial charge in [-0.1, -0.05) is 57.7 Å². The van der Waals surface area contributed by atoms with Crippen LogP contribution in [-0.4, -0.2) is 53.9 Å². The molecule has 0 saturated heterocycles. The molecule has 1 heterocycles. The zero-order valence-electron chi connectivity index (χ0n) is 23.4. The van der Waals surface area contributed by atoms with Crippen LogP contribution in [0.2, 0.25) is 0 Å². The molecule has 2 amide bonds. The van der Waals surface area contributed by atoms with E-state index in [1.54, 1.807) is 35.8 Å². The molecule has 0 bridgehead atoms. The summed E-state index contributed by atoms with van der Waals surface area (Å²) in [5, 5.41) is 3.80. The van der Waals surface area contributed by atoms with Gasteiger partial charge in [0.1, 0.15) is 11.8 Å². The third kappa shape index (κ3) is 6.82. The van der Waals surface area contributed by atoms with Crippen molar-refractivity contribution >= 4 is 28.6 Å². The predicted octanol–water partition coefficient (Wildman–Crippen LogP) is 5.51. The van der Waals surface area contributed by atoms with Crippen LogP contribution in [0.1, 0.15) is 74.0 Å². The van der Waals surface area contributed by atoms with Gasteiger partial charge in [-0.3, -0.25) is 19.0 Å². The fraction of sp³-hybridized carbons (Fsp3) is 0.452. The van der Waals surface area contributed by atoms with Crippen molar-refractivity contribution in [2.45, 2.75) is 71.8 Å². The highest BCUT2D eigenvalue weighted by Crippen LogP contribution is 2.30. The predicted molar refractivity (Wildman–Crippen MR) is 152 cm³/mol. The van der Waals surface area contributed by atoms with Crippen LogP contribution in [0.4, 0.5) is 0 Å². The minimum absolute atomic E-state index is 0.0528. The van der Waals surface area contributed by atoms with Gasteiger partial charge in [0.05, 0.1) is 19.0 Å². The summed E-state index contributed by atoms with van der Waals surface area (Å²) in [6.45, 7) is 6.74. The Morgan fingerprint density at radius 2 is 1.71 bits per heavy atom. The molecule has 204 valence electrons. The summed E-state index contributed by atoms with van der Waals surface area (Å²) >= 11 is 0. The molecule has 3 aromatic rings. The van der Waals surface area contributed by atoms with E-state index in [4.69, 9.17) is 4.74 Å². The number of carbonyl (C=O) groups excluding carboxylic acids is 3. The summed E-state index contributed by atoms with van der Waals surface area (Å²) in [5.74, 6) is 0.201. The molecular formula is C31H41N3O4. The standard InChI is InChI=1S/C31H41N3O4/c1-6-8-11-16-27(31(37)33(4)19-9-7-2)32-29(35)21-25-22(3)34(30(36)23-14-12-10-13-15-23)28-18-17-24(38-5)20-26(25)28/h10,12-15,17-18,20,27H,6-9,11,16,19,21H2,1-5H3,(H,32,35). The molecule has 0 spiro atoms. The zero-order chi connectivity index (χ0) is 27.7. The molecule has 1 atom stereocenters. The molecular weight excluding hydrogens is 478 g/mol. The number of aromatic nitrogens is 1. The SMILES string of the molecule is CCCCCC(NC(=O)Cc1c(C)n(C(=O)c2ccccc2)c2ccc(OC)cc12)C(=O)N(C)CCCC. The molecule has 1 unspecified atom stereocenters. The minimum atomic E-state index is -0.565. The van der Waals surface area contributed by atoms with E-state index in [2.05, 4.69) is 19.2 Å². The maximum Gasteiger partial charge on any atom is 0.262 e. The van der Waals surface area contributed by atoms with Crippen molar-refractivity contribution in [3.8, 4) is 5.75 Å². The van der Waals surface area contributed by atoms with E-state index < -0.39 is 6.04 Å². The second-order valence-corrected chi connectivity index (χ2v) is 9.86. The fourth-order valence-electron chi connectivity index (χ4n) is 4.82. The lowest BCUT2D eigenvalue weighted by Gasteiger charge is -2.25. The first kappa shape index (κ1) is 29.0. The van der Waals surface area contributed by atoms with Gasteiger partial charge in [0.2, 0.25) is 11.8 Å². The molecule has 0 aliphatic heterocycles. The number of likely N-dealkylation sites (N-methyl/N-ethyl adjacent to an activating group) is 1. The number of benzene rings is 2. The number of carbonyl (C=O) groups is 3. The molecule has 7 nitrogen and oxygen atoms in total. The van der Waals surface area contributed by atoms with Gasteiger partial charge in [0, 0.05) is 30.2 Å². The van der Waals surface area contributed by atoms with Crippen molar-refractivity contribution in [3.63, 3.8) is 0 Å². The quantitative estimate of drug-likeness (QED) is 0.302.